The van der Waals surface area contributed by atoms with Crippen LogP contribution in [0, 0.1) is 0 Å². The quantitative estimate of drug-likeness (QED) is 0.696. The van der Waals surface area contributed by atoms with E-state index < -0.39 is 54.0 Å². The third-order valence-electron chi connectivity index (χ3n) is 3.30. The lowest BCUT2D eigenvalue weighted by Gasteiger charge is -2.18. The van der Waals surface area contributed by atoms with Gasteiger partial charge in [-0.15, -0.1) is 0 Å². The van der Waals surface area contributed by atoms with Crippen LogP contribution in [0.4, 0.5) is 13.2 Å². The molecule has 1 aromatic rings. The lowest BCUT2D eigenvalue weighted by molar-refractivity contribution is -0.137. The predicted octanol–water partition coefficient (Wildman–Crippen LogP) is 2.31. The lowest BCUT2D eigenvalue weighted by Crippen LogP contribution is -2.37. The van der Waals surface area contributed by atoms with Crippen molar-refractivity contribution < 1.29 is 30.0 Å². The molecule has 0 unspecified atom stereocenters. The van der Waals surface area contributed by atoms with Crippen molar-refractivity contribution in [3.63, 3.8) is 0 Å². The number of rotatable bonds is 8. The summed E-state index contributed by atoms with van der Waals surface area (Å²) in [7, 11) is -8.08. The van der Waals surface area contributed by atoms with Gasteiger partial charge in [-0.1, -0.05) is 25.4 Å². The van der Waals surface area contributed by atoms with E-state index in [1.165, 1.54) is 0 Å². The summed E-state index contributed by atoms with van der Waals surface area (Å²) in [6.45, 7) is 3.23. The van der Waals surface area contributed by atoms with Crippen LogP contribution in [0.25, 0.3) is 0 Å². The second-order valence-corrected chi connectivity index (χ2v) is 9.17. The molecule has 0 radical (unpaired) electrons. The van der Waals surface area contributed by atoms with E-state index in [2.05, 4.69) is 0 Å². The predicted molar refractivity (Wildman–Crippen MR) is 88.4 cm³/mol. The fourth-order valence-corrected chi connectivity index (χ4v) is 5.10. The highest BCUT2D eigenvalue weighted by Crippen LogP contribution is 2.33. The van der Waals surface area contributed by atoms with E-state index in [0.717, 1.165) is 10.4 Å². The topological polar surface area (TPSA) is 83.6 Å². The Bertz CT molecular complexity index is 807. The Kier molecular flexibility index (Phi) is 7.28. The molecule has 0 saturated heterocycles. The Balaban J connectivity index is 2.97. The van der Waals surface area contributed by atoms with Gasteiger partial charge >= 0.3 is 6.18 Å². The minimum atomic E-state index is -4.74. The number of nitrogens with one attached hydrogen (secondary N) is 1. The standard InChI is InChI=1S/C13H18ClF3N2O4S2/c1-3-19(4-2)24(20,21)8-7-18-25(22,23)12-9-10(13(15,16)17)5-6-11(12)14/h5-6,9,18H,3-4,7-8H2,1-2H3. The number of alkyl halides is 3. The van der Waals surface area contributed by atoms with Gasteiger partial charge < -0.3 is 0 Å². The molecule has 1 rings (SSSR count). The van der Waals surface area contributed by atoms with Gasteiger partial charge in [0.25, 0.3) is 0 Å². The molecule has 0 aliphatic carbocycles. The van der Waals surface area contributed by atoms with Crippen LogP contribution in [0.15, 0.2) is 23.1 Å². The first-order valence-electron chi connectivity index (χ1n) is 7.19. The van der Waals surface area contributed by atoms with Gasteiger partial charge in [-0.05, 0) is 18.2 Å². The first kappa shape index (κ1) is 22.2. The molecule has 1 N–H and O–H groups in total. The maximum atomic E-state index is 12.7. The molecule has 0 aliphatic heterocycles. The highest BCUT2D eigenvalue weighted by molar-refractivity contribution is 7.90. The minimum Gasteiger partial charge on any atom is -0.212 e. The maximum Gasteiger partial charge on any atom is 0.416 e. The van der Waals surface area contributed by atoms with Crippen molar-refractivity contribution in [3.8, 4) is 0 Å². The smallest absolute Gasteiger partial charge is 0.212 e. The zero-order valence-electron chi connectivity index (χ0n) is 13.5. The van der Waals surface area contributed by atoms with Crippen LogP contribution in [-0.4, -0.2) is 46.5 Å². The summed E-state index contributed by atoms with van der Waals surface area (Å²) in [6, 6.07) is 1.89. The highest BCUT2D eigenvalue weighted by Gasteiger charge is 2.32. The van der Waals surface area contributed by atoms with Crippen molar-refractivity contribution in [1.82, 2.24) is 9.03 Å². The molecule has 1 aromatic carbocycles. The van der Waals surface area contributed by atoms with E-state index in [0.29, 0.717) is 12.1 Å². The second-order valence-electron chi connectivity index (χ2n) is 4.94. The van der Waals surface area contributed by atoms with Gasteiger partial charge in [-0.2, -0.15) is 13.2 Å². The van der Waals surface area contributed by atoms with Crippen LogP contribution in [0.2, 0.25) is 5.02 Å². The number of hydrogen-bond donors (Lipinski definition) is 1. The Morgan fingerprint density at radius 1 is 1.12 bits per heavy atom. The molecule has 0 saturated carbocycles. The second kappa shape index (κ2) is 8.21. The van der Waals surface area contributed by atoms with E-state index >= 15 is 0 Å². The van der Waals surface area contributed by atoms with Crippen molar-refractivity contribution in [2.75, 3.05) is 25.4 Å². The van der Waals surface area contributed by atoms with E-state index in [9.17, 15) is 30.0 Å². The molecule has 6 nitrogen and oxygen atoms in total. The van der Waals surface area contributed by atoms with Crippen LogP contribution < -0.4 is 4.72 Å². The Morgan fingerprint density at radius 3 is 2.16 bits per heavy atom. The Labute approximate surface area is 150 Å². The summed E-state index contributed by atoms with van der Waals surface area (Å²) in [5.74, 6) is -0.523. The van der Waals surface area contributed by atoms with E-state index in [4.69, 9.17) is 11.6 Å². The zero-order valence-corrected chi connectivity index (χ0v) is 15.9. The lowest BCUT2D eigenvalue weighted by atomic mass is 10.2. The number of hydrogen-bond acceptors (Lipinski definition) is 4. The molecule has 12 heteroatoms. The monoisotopic (exact) mass is 422 g/mol. The third-order valence-corrected chi connectivity index (χ3v) is 7.26. The molecule has 0 spiro atoms. The summed E-state index contributed by atoms with van der Waals surface area (Å²) in [5, 5.41) is -0.396. The molecule has 0 fully saturated rings. The van der Waals surface area contributed by atoms with Crippen LogP contribution >= 0.6 is 11.6 Å². The highest BCUT2D eigenvalue weighted by atomic mass is 35.5. The molecule has 0 heterocycles. The first-order chi connectivity index (χ1) is 11.3. The van der Waals surface area contributed by atoms with Gasteiger partial charge in [-0.3, -0.25) is 0 Å². The van der Waals surface area contributed by atoms with Gasteiger partial charge in [0.1, 0.15) is 4.90 Å². The fraction of sp³-hybridized carbons (Fsp3) is 0.538. The van der Waals surface area contributed by atoms with E-state index in [-0.39, 0.29) is 13.1 Å². The van der Waals surface area contributed by atoms with Gasteiger partial charge in [0, 0.05) is 19.6 Å². The molecular formula is C13H18ClF3N2O4S2. The molecule has 144 valence electrons. The molecule has 0 aromatic heterocycles. The summed E-state index contributed by atoms with van der Waals surface area (Å²) >= 11 is 5.68. The summed E-state index contributed by atoms with van der Waals surface area (Å²) in [4.78, 5) is -0.760. The summed E-state index contributed by atoms with van der Waals surface area (Å²) < 4.78 is 89.6. The van der Waals surface area contributed by atoms with Gasteiger partial charge in [0.2, 0.25) is 20.0 Å². The minimum absolute atomic E-state index is 0.227. The summed E-state index contributed by atoms with van der Waals surface area (Å²) in [6.07, 6.45) is -4.74. The molecule has 0 atom stereocenters. The molecule has 0 bridgehead atoms. The SMILES string of the molecule is CCN(CC)S(=O)(=O)CCNS(=O)(=O)c1cc(C(F)(F)F)ccc1Cl. The molecule has 0 amide bonds. The summed E-state index contributed by atoms with van der Waals surface area (Å²) in [5.41, 5.74) is -1.17. The molecule has 0 aliphatic rings. The van der Waals surface area contributed by atoms with Crippen LogP contribution in [0.5, 0.6) is 0 Å². The normalized spacial score (nSPS) is 13.4. The molecule has 25 heavy (non-hydrogen) atoms. The van der Waals surface area contributed by atoms with Crippen molar-refractivity contribution >= 4 is 31.6 Å². The van der Waals surface area contributed by atoms with Gasteiger partial charge in [-0.25, -0.2) is 25.9 Å². The number of benzene rings is 1. The number of sulfonamides is 2. The van der Waals surface area contributed by atoms with Crippen LogP contribution in [0.3, 0.4) is 0 Å². The van der Waals surface area contributed by atoms with Gasteiger partial charge in [0.15, 0.2) is 0 Å². The average molecular weight is 423 g/mol. The van der Waals surface area contributed by atoms with Crippen molar-refractivity contribution in [1.29, 1.82) is 0 Å². The Morgan fingerprint density at radius 2 is 1.68 bits per heavy atom. The van der Waals surface area contributed by atoms with Crippen molar-refractivity contribution in [2.24, 2.45) is 0 Å². The number of halogens is 4. The van der Waals surface area contributed by atoms with Gasteiger partial charge in [0.05, 0.1) is 16.3 Å². The maximum absolute atomic E-state index is 12.7. The number of nitrogens with zero attached hydrogens (tertiary/aromatic N) is 1. The first-order valence-corrected chi connectivity index (χ1v) is 10.7. The van der Waals surface area contributed by atoms with Crippen molar-refractivity contribution in [2.45, 2.75) is 24.9 Å². The van der Waals surface area contributed by atoms with E-state index in [1.807, 2.05) is 4.72 Å². The zero-order chi connectivity index (χ0) is 19.5. The third kappa shape index (κ3) is 5.81. The van der Waals surface area contributed by atoms with Crippen molar-refractivity contribution in [3.05, 3.63) is 28.8 Å². The van der Waals surface area contributed by atoms with Crippen LogP contribution in [-0.2, 0) is 26.2 Å². The fourth-order valence-electron chi connectivity index (χ4n) is 2.01. The molecular weight excluding hydrogens is 405 g/mol. The van der Waals surface area contributed by atoms with E-state index in [1.54, 1.807) is 13.8 Å². The average Bonchev–Trinajstić information content (AvgIpc) is 2.46. The Hall–Kier alpha value is -0.880. The largest absolute Gasteiger partial charge is 0.416 e. The van der Waals surface area contributed by atoms with Crippen LogP contribution in [0.1, 0.15) is 19.4 Å².